The van der Waals surface area contributed by atoms with Gasteiger partial charge in [0.05, 0.1) is 0 Å². The van der Waals surface area contributed by atoms with Crippen LogP contribution >= 0.6 is 12.6 Å². The van der Waals surface area contributed by atoms with Crippen LogP contribution in [0.15, 0.2) is 0 Å². The SMILES string of the molecule is CCC[Si](C)(O[Si](C)(C)C)C(S)CC. The van der Waals surface area contributed by atoms with Crippen molar-refractivity contribution in [3.05, 3.63) is 0 Å². The molecule has 86 valence electrons. The van der Waals surface area contributed by atoms with Gasteiger partial charge in [0, 0.05) is 4.87 Å². The summed E-state index contributed by atoms with van der Waals surface area (Å²) in [4.78, 5) is 0.495. The highest BCUT2D eigenvalue weighted by Gasteiger charge is 2.38. The Morgan fingerprint density at radius 2 is 1.64 bits per heavy atom. The quantitative estimate of drug-likeness (QED) is 0.552. The summed E-state index contributed by atoms with van der Waals surface area (Å²) in [7, 11) is -2.96. The molecule has 0 bridgehead atoms. The molecule has 14 heavy (non-hydrogen) atoms. The highest BCUT2D eigenvalue weighted by Crippen LogP contribution is 2.28. The van der Waals surface area contributed by atoms with Crippen LogP contribution in [0.2, 0.25) is 32.2 Å². The first-order valence-electron chi connectivity index (χ1n) is 5.63. The zero-order valence-electron chi connectivity index (χ0n) is 10.6. The lowest BCUT2D eigenvalue weighted by Gasteiger charge is -2.38. The molecule has 0 N–H and O–H groups in total. The van der Waals surface area contributed by atoms with E-state index in [1.807, 2.05) is 0 Å². The number of rotatable bonds is 6. The maximum absolute atomic E-state index is 6.42. The Morgan fingerprint density at radius 3 is 1.93 bits per heavy atom. The Balaban J connectivity index is 4.54. The molecular formula is C10H26OSSi2. The molecular weight excluding hydrogens is 224 g/mol. The smallest absolute Gasteiger partial charge is 0.189 e. The van der Waals surface area contributed by atoms with Gasteiger partial charge in [0.2, 0.25) is 0 Å². The average molecular weight is 251 g/mol. The van der Waals surface area contributed by atoms with Crippen molar-refractivity contribution in [1.82, 2.24) is 0 Å². The molecule has 0 amide bonds. The Kier molecular flexibility index (Phi) is 6.03. The van der Waals surface area contributed by atoms with E-state index in [0.29, 0.717) is 4.87 Å². The molecule has 0 aliphatic carbocycles. The van der Waals surface area contributed by atoms with Crippen LogP contribution < -0.4 is 0 Å². The Bertz CT molecular complexity index is 170. The van der Waals surface area contributed by atoms with Crippen LogP contribution in [-0.2, 0) is 4.12 Å². The fraction of sp³-hybridized carbons (Fsp3) is 1.00. The van der Waals surface area contributed by atoms with E-state index < -0.39 is 16.6 Å². The third-order valence-corrected chi connectivity index (χ3v) is 12.0. The van der Waals surface area contributed by atoms with E-state index >= 15 is 0 Å². The lowest BCUT2D eigenvalue weighted by molar-refractivity contribution is 0.529. The Morgan fingerprint density at radius 1 is 1.14 bits per heavy atom. The maximum atomic E-state index is 6.42. The number of thiol groups is 1. The Labute approximate surface area is 97.3 Å². The van der Waals surface area contributed by atoms with E-state index in [1.165, 1.54) is 12.5 Å². The minimum absolute atomic E-state index is 0.495. The summed E-state index contributed by atoms with van der Waals surface area (Å²) < 4.78 is 6.42. The molecule has 2 unspecified atom stereocenters. The van der Waals surface area contributed by atoms with Gasteiger partial charge < -0.3 is 4.12 Å². The molecule has 1 nitrogen and oxygen atoms in total. The van der Waals surface area contributed by atoms with E-state index in [0.717, 1.165) is 6.42 Å². The predicted octanol–water partition coefficient (Wildman–Crippen LogP) is 4.07. The monoisotopic (exact) mass is 250 g/mol. The fourth-order valence-corrected chi connectivity index (χ4v) is 11.5. The van der Waals surface area contributed by atoms with Crippen LogP contribution in [0.1, 0.15) is 26.7 Å². The minimum atomic E-state index is -1.56. The van der Waals surface area contributed by atoms with Crippen molar-refractivity contribution in [2.75, 3.05) is 0 Å². The van der Waals surface area contributed by atoms with Crippen molar-refractivity contribution < 1.29 is 4.12 Å². The number of hydrogen-bond donors (Lipinski definition) is 1. The normalized spacial score (nSPS) is 19.1. The topological polar surface area (TPSA) is 9.23 Å². The predicted molar refractivity (Wildman–Crippen MR) is 74.2 cm³/mol. The van der Waals surface area contributed by atoms with Gasteiger partial charge in [-0.1, -0.05) is 20.3 Å². The molecule has 0 rings (SSSR count). The fourth-order valence-electron chi connectivity index (χ4n) is 1.91. The van der Waals surface area contributed by atoms with Crippen molar-refractivity contribution in [3.8, 4) is 0 Å². The zero-order valence-corrected chi connectivity index (χ0v) is 13.4. The molecule has 0 heterocycles. The highest BCUT2D eigenvalue weighted by molar-refractivity contribution is 7.83. The first-order chi connectivity index (χ1) is 6.25. The van der Waals surface area contributed by atoms with Gasteiger partial charge in [0.15, 0.2) is 16.6 Å². The van der Waals surface area contributed by atoms with Crippen LogP contribution in [0.5, 0.6) is 0 Å². The summed E-state index contributed by atoms with van der Waals surface area (Å²) in [5, 5.41) is 0. The molecule has 2 atom stereocenters. The Hall–Kier alpha value is 0.744. The second kappa shape index (κ2) is 5.73. The molecule has 0 saturated carbocycles. The number of hydrogen-bond acceptors (Lipinski definition) is 2. The van der Waals surface area contributed by atoms with Crippen molar-refractivity contribution in [2.24, 2.45) is 0 Å². The van der Waals surface area contributed by atoms with E-state index in [1.54, 1.807) is 0 Å². The van der Waals surface area contributed by atoms with Gasteiger partial charge in [-0.25, -0.2) is 0 Å². The molecule has 0 aliphatic heterocycles. The summed E-state index contributed by atoms with van der Waals surface area (Å²) in [6, 6.07) is 1.25. The second-order valence-corrected chi connectivity index (χ2v) is 15.2. The van der Waals surface area contributed by atoms with Gasteiger partial charge in [-0.2, -0.15) is 12.6 Å². The summed E-state index contributed by atoms with van der Waals surface area (Å²) in [5.41, 5.74) is 0. The highest BCUT2D eigenvalue weighted by atomic mass is 32.1. The third kappa shape index (κ3) is 5.00. The van der Waals surface area contributed by atoms with Gasteiger partial charge >= 0.3 is 0 Å². The summed E-state index contributed by atoms with van der Waals surface area (Å²) in [6.45, 7) is 13.7. The molecule has 0 fully saturated rings. The van der Waals surface area contributed by atoms with E-state index in [2.05, 4.69) is 40.0 Å². The van der Waals surface area contributed by atoms with Crippen molar-refractivity contribution in [2.45, 2.75) is 63.8 Å². The van der Waals surface area contributed by atoms with E-state index in [4.69, 9.17) is 16.7 Å². The molecule has 0 aromatic heterocycles. The van der Waals surface area contributed by atoms with Crippen molar-refractivity contribution in [3.63, 3.8) is 0 Å². The summed E-state index contributed by atoms with van der Waals surface area (Å²) in [5.74, 6) is 0. The second-order valence-electron chi connectivity index (χ2n) is 5.20. The van der Waals surface area contributed by atoms with Gasteiger partial charge in [-0.05, 0) is 38.7 Å². The van der Waals surface area contributed by atoms with Gasteiger partial charge in [0.25, 0.3) is 0 Å². The molecule has 0 aromatic rings. The van der Waals surface area contributed by atoms with Crippen molar-refractivity contribution >= 4 is 29.3 Å². The molecule has 0 radical (unpaired) electrons. The molecule has 0 aliphatic rings. The van der Waals surface area contributed by atoms with E-state index in [-0.39, 0.29) is 0 Å². The van der Waals surface area contributed by atoms with Gasteiger partial charge in [-0.15, -0.1) is 0 Å². The largest absolute Gasteiger partial charge is 0.455 e. The maximum Gasteiger partial charge on any atom is 0.189 e. The summed E-state index contributed by atoms with van der Waals surface area (Å²) in [6.07, 6.45) is 2.36. The standard InChI is InChI=1S/C10H26OSSi2/c1-7-9-14(6,10(12)8-2)11-13(3,4)5/h10,12H,7-9H2,1-6H3. The first kappa shape index (κ1) is 14.7. The molecule has 0 saturated heterocycles. The van der Waals surface area contributed by atoms with Gasteiger partial charge in [-0.3, -0.25) is 0 Å². The molecule has 0 spiro atoms. The molecule has 0 aromatic carbocycles. The van der Waals surface area contributed by atoms with Crippen LogP contribution in [-0.4, -0.2) is 21.5 Å². The van der Waals surface area contributed by atoms with Crippen LogP contribution in [0.25, 0.3) is 0 Å². The van der Waals surface area contributed by atoms with E-state index in [9.17, 15) is 0 Å². The summed E-state index contributed by atoms with van der Waals surface area (Å²) >= 11 is 4.72. The van der Waals surface area contributed by atoms with Crippen LogP contribution in [0.3, 0.4) is 0 Å². The third-order valence-electron chi connectivity index (χ3n) is 2.38. The lowest BCUT2D eigenvalue weighted by Crippen LogP contribution is -2.51. The first-order valence-corrected chi connectivity index (χ1v) is 12.2. The lowest BCUT2D eigenvalue weighted by atomic mass is 10.6. The van der Waals surface area contributed by atoms with Crippen LogP contribution in [0, 0.1) is 0 Å². The average Bonchev–Trinajstić information content (AvgIpc) is 2.00. The zero-order chi connectivity index (χ0) is 11.4. The van der Waals surface area contributed by atoms with Crippen molar-refractivity contribution in [1.29, 1.82) is 0 Å². The minimum Gasteiger partial charge on any atom is -0.455 e. The molecule has 4 heteroatoms. The van der Waals surface area contributed by atoms with Crippen LogP contribution in [0.4, 0.5) is 0 Å². The van der Waals surface area contributed by atoms with Gasteiger partial charge in [0.1, 0.15) is 0 Å².